The van der Waals surface area contributed by atoms with Crippen molar-refractivity contribution in [3.63, 3.8) is 0 Å². The van der Waals surface area contributed by atoms with Gasteiger partial charge in [0.2, 0.25) is 5.91 Å². The summed E-state index contributed by atoms with van der Waals surface area (Å²) < 4.78 is 0. The van der Waals surface area contributed by atoms with Gasteiger partial charge < -0.3 is 4.90 Å². The number of carbonyl (C=O) groups is 1. The van der Waals surface area contributed by atoms with E-state index in [1.807, 2.05) is 11.9 Å². The summed E-state index contributed by atoms with van der Waals surface area (Å²) in [6, 6.07) is 0.539. The molecule has 81 valence electrons. The highest BCUT2D eigenvalue weighted by Gasteiger charge is 2.58. The molecule has 3 rings (SSSR count). The third-order valence-corrected chi connectivity index (χ3v) is 4.97. The quantitative estimate of drug-likeness (QED) is 0.553. The minimum Gasteiger partial charge on any atom is -0.343 e. The van der Waals surface area contributed by atoms with Gasteiger partial charge in [0.15, 0.2) is 0 Å². The Morgan fingerprint density at radius 1 is 1.47 bits per heavy atom. The van der Waals surface area contributed by atoms with Crippen LogP contribution in [0.25, 0.3) is 0 Å². The molecule has 2 heterocycles. The summed E-state index contributed by atoms with van der Waals surface area (Å²) in [5.41, 5.74) is 0. The molecular weight excluding hydrogens is 185 g/mol. The monoisotopic (exact) mass is 204 g/mol. The summed E-state index contributed by atoms with van der Waals surface area (Å²) in [5, 5.41) is 0.528. The molecule has 1 aliphatic carbocycles. The Kier molecular flexibility index (Phi) is 1.96. The molecule has 0 N–H and O–H groups in total. The number of amides is 1. The number of hydrogen-bond donors (Lipinski definition) is 0. The van der Waals surface area contributed by atoms with Crippen LogP contribution in [0.4, 0.5) is 0 Å². The molecule has 1 saturated carbocycles. The van der Waals surface area contributed by atoms with Gasteiger partial charge in [-0.1, -0.05) is 30.9 Å². The number of likely N-dealkylation sites (tertiary alicyclic amines) is 1. The molecule has 0 spiro atoms. The fraction of sp³-hybridized carbons (Fsp3) is 0.917. The summed E-state index contributed by atoms with van der Waals surface area (Å²) in [5.74, 6) is 1.93. The molecule has 2 nitrogen and oxygen atoms in total. The summed E-state index contributed by atoms with van der Waals surface area (Å²) in [6.07, 6.45) is 5.77. The van der Waals surface area contributed by atoms with Crippen LogP contribution in [0.15, 0.2) is 0 Å². The Balaban J connectivity index is 1.84. The van der Waals surface area contributed by atoms with Gasteiger partial charge in [0.05, 0.1) is 0 Å². The van der Waals surface area contributed by atoms with E-state index in [0.29, 0.717) is 17.3 Å². The van der Waals surface area contributed by atoms with Crippen LogP contribution in [0, 0.1) is 5.92 Å². The molecular formula is C12H19BNO. The first-order valence-electron chi connectivity index (χ1n) is 6.23. The lowest BCUT2D eigenvalue weighted by atomic mass is 9.77. The molecule has 3 fully saturated rings. The molecule has 0 aromatic carbocycles. The molecule has 0 aromatic heterocycles. The zero-order chi connectivity index (χ0) is 10.6. The van der Waals surface area contributed by atoms with Crippen LogP contribution in [0.2, 0.25) is 11.1 Å². The van der Waals surface area contributed by atoms with Gasteiger partial charge in [-0.3, -0.25) is 4.79 Å². The first-order valence-corrected chi connectivity index (χ1v) is 6.23. The van der Waals surface area contributed by atoms with Crippen molar-refractivity contribution in [3.8, 4) is 0 Å². The lowest BCUT2D eigenvalue weighted by Gasteiger charge is -2.39. The zero-order valence-corrected chi connectivity index (χ0v) is 9.70. The number of rotatable bonds is 0. The normalized spacial score (nSPS) is 48.8. The van der Waals surface area contributed by atoms with Crippen LogP contribution in [-0.4, -0.2) is 31.2 Å². The second kappa shape index (κ2) is 3.02. The predicted molar refractivity (Wildman–Crippen MR) is 61.0 cm³/mol. The van der Waals surface area contributed by atoms with E-state index in [2.05, 4.69) is 14.2 Å². The average molecular weight is 204 g/mol. The fourth-order valence-electron chi connectivity index (χ4n) is 3.87. The van der Waals surface area contributed by atoms with E-state index >= 15 is 0 Å². The van der Waals surface area contributed by atoms with E-state index in [1.54, 1.807) is 0 Å². The Bertz CT molecular complexity index is 306. The molecule has 3 heteroatoms. The van der Waals surface area contributed by atoms with Gasteiger partial charge in [-0.15, -0.1) is 0 Å². The molecule has 1 amide bonds. The largest absolute Gasteiger partial charge is 0.343 e. The maximum absolute atomic E-state index is 11.7. The first kappa shape index (κ1) is 9.74. The van der Waals surface area contributed by atoms with Crippen LogP contribution < -0.4 is 0 Å². The summed E-state index contributed by atoms with van der Waals surface area (Å²) in [4.78, 5) is 13.7. The van der Waals surface area contributed by atoms with Gasteiger partial charge in [0, 0.05) is 19.5 Å². The summed E-state index contributed by atoms with van der Waals surface area (Å²) in [7, 11) is 4.54. The van der Waals surface area contributed by atoms with Gasteiger partial charge in [-0.25, -0.2) is 0 Å². The second-order valence-electron chi connectivity index (χ2n) is 5.87. The lowest BCUT2D eigenvalue weighted by Crippen LogP contribution is -2.46. The maximum Gasteiger partial charge on any atom is 0.222 e. The number of hydrogen-bond acceptors (Lipinski definition) is 1. The highest BCUT2D eigenvalue weighted by atomic mass is 16.2. The molecule has 4 atom stereocenters. The third kappa shape index (κ3) is 1.35. The Morgan fingerprint density at radius 2 is 2.27 bits per heavy atom. The van der Waals surface area contributed by atoms with E-state index in [4.69, 9.17) is 0 Å². The van der Waals surface area contributed by atoms with Gasteiger partial charge in [-0.05, 0) is 18.8 Å². The topological polar surface area (TPSA) is 20.3 Å². The zero-order valence-electron chi connectivity index (χ0n) is 9.70. The van der Waals surface area contributed by atoms with Crippen molar-refractivity contribution in [2.24, 2.45) is 5.92 Å². The van der Waals surface area contributed by atoms with E-state index in [-0.39, 0.29) is 0 Å². The van der Waals surface area contributed by atoms with Crippen molar-refractivity contribution >= 4 is 13.2 Å². The van der Waals surface area contributed by atoms with Crippen molar-refractivity contribution in [2.75, 3.05) is 7.05 Å². The van der Waals surface area contributed by atoms with E-state index in [9.17, 15) is 4.79 Å². The molecule has 2 saturated heterocycles. The van der Waals surface area contributed by atoms with E-state index in [1.165, 1.54) is 19.3 Å². The molecule has 4 unspecified atom stereocenters. The van der Waals surface area contributed by atoms with Crippen LogP contribution in [0.5, 0.6) is 0 Å². The molecule has 1 radical (unpaired) electrons. The number of fused-ring (bicyclic) bond motifs is 3. The highest BCUT2D eigenvalue weighted by Crippen LogP contribution is 2.67. The highest BCUT2D eigenvalue weighted by molar-refractivity contribution is 6.56. The van der Waals surface area contributed by atoms with Gasteiger partial charge in [0.25, 0.3) is 0 Å². The molecule has 0 aromatic rings. The standard InChI is InChI=1S/C12H19BNO/c1-12-7-3-4-9-8(11(12)13-12)5-6-10(15)14(9)2/h8-9,11H,3-7H2,1-2H3. The Morgan fingerprint density at radius 3 is 3.07 bits per heavy atom. The van der Waals surface area contributed by atoms with E-state index < -0.39 is 0 Å². The van der Waals surface area contributed by atoms with E-state index in [0.717, 1.165) is 24.6 Å². The first-order chi connectivity index (χ1) is 7.12. The van der Waals surface area contributed by atoms with Crippen LogP contribution in [-0.2, 0) is 4.79 Å². The van der Waals surface area contributed by atoms with Crippen molar-refractivity contribution in [1.82, 2.24) is 4.90 Å². The van der Waals surface area contributed by atoms with Crippen LogP contribution >= 0.6 is 0 Å². The lowest BCUT2D eigenvalue weighted by molar-refractivity contribution is -0.136. The molecule has 3 aliphatic rings. The van der Waals surface area contributed by atoms with Crippen molar-refractivity contribution in [2.45, 2.75) is 56.2 Å². The van der Waals surface area contributed by atoms with Gasteiger partial charge in [-0.2, -0.15) is 0 Å². The maximum atomic E-state index is 11.7. The Labute approximate surface area is 92.6 Å². The molecule has 2 aliphatic heterocycles. The average Bonchev–Trinajstić information content (AvgIpc) is 2.86. The minimum atomic E-state index is 0.362. The second-order valence-corrected chi connectivity index (χ2v) is 5.87. The van der Waals surface area contributed by atoms with Crippen molar-refractivity contribution in [3.05, 3.63) is 0 Å². The smallest absolute Gasteiger partial charge is 0.222 e. The molecule has 15 heavy (non-hydrogen) atoms. The number of carbonyl (C=O) groups excluding carboxylic acids is 1. The number of piperidine rings is 1. The van der Waals surface area contributed by atoms with Gasteiger partial charge in [0.1, 0.15) is 7.28 Å². The molecule has 0 bridgehead atoms. The predicted octanol–water partition coefficient (Wildman–Crippen LogP) is 2.09. The summed E-state index contributed by atoms with van der Waals surface area (Å²) in [6.45, 7) is 2.40. The fourth-order valence-corrected chi connectivity index (χ4v) is 3.87. The van der Waals surface area contributed by atoms with Crippen molar-refractivity contribution < 1.29 is 4.79 Å². The van der Waals surface area contributed by atoms with Gasteiger partial charge >= 0.3 is 0 Å². The van der Waals surface area contributed by atoms with Crippen LogP contribution in [0.3, 0.4) is 0 Å². The SMILES string of the molecule is CN1C(=O)CCC2C1CCCC1(C)[B]C21. The third-order valence-electron chi connectivity index (χ3n) is 4.97. The van der Waals surface area contributed by atoms with Crippen LogP contribution in [0.1, 0.15) is 39.0 Å². The summed E-state index contributed by atoms with van der Waals surface area (Å²) >= 11 is 0. The minimum absolute atomic E-state index is 0.362. The van der Waals surface area contributed by atoms with Crippen molar-refractivity contribution in [1.29, 1.82) is 0 Å². The Hall–Kier alpha value is -0.465. The number of nitrogens with zero attached hydrogens (tertiary/aromatic N) is 1.